The van der Waals surface area contributed by atoms with Crippen molar-refractivity contribution in [1.29, 1.82) is 0 Å². The number of phenols is 1. The Morgan fingerprint density at radius 3 is 2.52 bits per heavy atom. The standard InChI is InChI=1S/C21H24ClF3N2O2/c1-3-17(8-7-14(2)21(23,24)25)26-20(29)18-12-16(22)11-15(19(18)28)13-27-9-5-4-6-10-27/h3,7-8,11-12,28H,2,4-6,9-10,13H2,1H3,(H,26,29)/b8-7-,17-3+. The van der Waals surface area contributed by atoms with E-state index >= 15 is 0 Å². The number of allylic oxidation sites excluding steroid dienone is 4. The zero-order valence-electron chi connectivity index (χ0n) is 16.2. The van der Waals surface area contributed by atoms with Crippen molar-refractivity contribution < 1.29 is 23.1 Å². The first-order valence-corrected chi connectivity index (χ1v) is 9.65. The summed E-state index contributed by atoms with van der Waals surface area (Å²) in [6.45, 7) is 6.79. The van der Waals surface area contributed by atoms with Gasteiger partial charge in [0.15, 0.2) is 0 Å². The molecule has 8 heteroatoms. The lowest BCUT2D eigenvalue weighted by molar-refractivity contribution is -0.0878. The van der Waals surface area contributed by atoms with Crippen molar-refractivity contribution in [2.45, 2.75) is 38.9 Å². The molecule has 0 radical (unpaired) electrons. The minimum Gasteiger partial charge on any atom is -0.507 e. The van der Waals surface area contributed by atoms with Gasteiger partial charge in [-0.3, -0.25) is 9.69 Å². The molecule has 1 aliphatic rings. The molecule has 0 bridgehead atoms. The third-order valence-electron chi connectivity index (χ3n) is 4.64. The molecule has 29 heavy (non-hydrogen) atoms. The van der Waals surface area contributed by atoms with E-state index in [9.17, 15) is 23.1 Å². The fourth-order valence-corrected chi connectivity index (χ4v) is 3.24. The molecule has 1 aromatic carbocycles. The van der Waals surface area contributed by atoms with Crippen molar-refractivity contribution >= 4 is 17.5 Å². The third kappa shape index (κ3) is 6.65. The van der Waals surface area contributed by atoms with Gasteiger partial charge in [0.2, 0.25) is 0 Å². The van der Waals surface area contributed by atoms with Gasteiger partial charge >= 0.3 is 6.18 Å². The number of benzene rings is 1. The fraction of sp³-hybridized carbons (Fsp3) is 0.381. The molecule has 0 saturated carbocycles. The number of piperidine rings is 1. The number of alkyl halides is 3. The van der Waals surface area contributed by atoms with E-state index in [0.29, 0.717) is 17.1 Å². The average Bonchev–Trinajstić information content (AvgIpc) is 2.67. The van der Waals surface area contributed by atoms with Gasteiger partial charge in [-0.1, -0.05) is 30.7 Å². The predicted molar refractivity (Wildman–Crippen MR) is 108 cm³/mol. The van der Waals surface area contributed by atoms with Crippen LogP contribution in [-0.4, -0.2) is 35.2 Å². The number of halogens is 4. The summed E-state index contributed by atoms with van der Waals surface area (Å²) in [5.41, 5.74) is -0.405. The summed E-state index contributed by atoms with van der Waals surface area (Å²) in [4.78, 5) is 14.8. The SMILES string of the molecule is C=C(/C=C\C(=C/C)NC(=O)c1cc(Cl)cc(CN2CCCCC2)c1O)C(F)(F)F. The second kappa shape index (κ2) is 9.98. The monoisotopic (exact) mass is 428 g/mol. The zero-order valence-corrected chi connectivity index (χ0v) is 16.9. The van der Waals surface area contributed by atoms with Gasteiger partial charge in [-0.25, -0.2) is 0 Å². The second-order valence-corrected chi connectivity index (χ2v) is 7.29. The van der Waals surface area contributed by atoms with Gasteiger partial charge in [0.05, 0.1) is 5.56 Å². The number of carbonyl (C=O) groups excluding carboxylic acids is 1. The Morgan fingerprint density at radius 1 is 1.28 bits per heavy atom. The van der Waals surface area contributed by atoms with Gasteiger partial charge in [0.1, 0.15) is 5.75 Å². The van der Waals surface area contributed by atoms with Gasteiger partial charge in [0, 0.05) is 28.4 Å². The minimum absolute atomic E-state index is 0.0353. The molecule has 1 heterocycles. The Kier molecular flexibility index (Phi) is 7.93. The third-order valence-corrected chi connectivity index (χ3v) is 4.86. The first kappa shape index (κ1) is 23.0. The minimum atomic E-state index is -4.55. The highest BCUT2D eigenvalue weighted by molar-refractivity contribution is 6.31. The van der Waals surface area contributed by atoms with E-state index in [4.69, 9.17) is 11.6 Å². The zero-order chi connectivity index (χ0) is 21.6. The van der Waals surface area contributed by atoms with Crippen molar-refractivity contribution in [1.82, 2.24) is 10.2 Å². The Hall–Kier alpha value is -2.25. The van der Waals surface area contributed by atoms with E-state index in [0.717, 1.165) is 38.1 Å². The van der Waals surface area contributed by atoms with Crippen LogP contribution in [0.25, 0.3) is 0 Å². The second-order valence-electron chi connectivity index (χ2n) is 6.85. The van der Waals surface area contributed by atoms with Crippen molar-refractivity contribution in [3.05, 3.63) is 64.4 Å². The average molecular weight is 429 g/mol. The number of nitrogens with one attached hydrogen (secondary N) is 1. The lowest BCUT2D eigenvalue weighted by Crippen LogP contribution is -2.29. The molecule has 1 saturated heterocycles. The number of amides is 1. The summed E-state index contributed by atoms with van der Waals surface area (Å²) in [7, 11) is 0. The summed E-state index contributed by atoms with van der Waals surface area (Å²) in [5, 5.41) is 13.4. The number of hydrogen-bond donors (Lipinski definition) is 2. The molecule has 1 aromatic rings. The topological polar surface area (TPSA) is 52.6 Å². The number of aromatic hydroxyl groups is 1. The van der Waals surface area contributed by atoms with Gasteiger partial charge < -0.3 is 10.4 Å². The first-order chi connectivity index (χ1) is 13.6. The van der Waals surface area contributed by atoms with Crippen LogP contribution >= 0.6 is 11.6 Å². The summed E-state index contributed by atoms with van der Waals surface area (Å²) in [6.07, 6.45) is 2.09. The highest BCUT2D eigenvalue weighted by Gasteiger charge is 2.29. The predicted octanol–water partition coefficient (Wildman–Crippen LogP) is 5.34. The Balaban J connectivity index is 2.17. The number of carbonyl (C=O) groups is 1. The molecule has 0 aromatic heterocycles. The molecule has 2 N–H and O–H groups in total. The highest BCUT2D eigenvalue weighted by atomic mass is 35.5. The van der Waals surface area contributed by atoms with E-state index in [1.54, 1.807) is 13.0 Å². The molecule has 0 spiro atoms. The molecule has 4 nitrogen and oxygen atoms in total. The number of nitrogens with zero attached hydrogens (tertiary/aromatic N) is 1. The lowest BCUT2D eigenvalue weighted by atomic mass is 10.1. The molecule has 1 fully saturated rings. The molecule has 0 aliphatic carbocycles. The van der Waals surface area contributed by atoms with E-state index in [2.05, 4.69) is 16.8 Å². The summed E-state index contributed by atoms with van der Waals surface area (Å²) in [6, 6.07) is 2.95. The lowest BCUT2D eigenvalue weighted by Gasteiger charge is -2.27. The van der Waals surface area contributed by atoms with Crippen LogP contribution in [0.3, 0.4) is 0 Å². The van der Waals surface area contributed by atoms with Gasteiger partial charge in [-0.05, 0) is 57.1 Å². The molecular weight excluding hydrogens is 405 g/mol. The highest BCUT2D eigenvalue weighted by Crippen LogP contribution is 2.29. The van der Waals surface area contributed by atoms with Crippen LogP contribution < -0.4 is 5.32 Å². The number of phenolic OH excluding ortho intramolecular Hbond substituents is 1. The van der Waals surface area contributed by atoms with E-state index in [1.807, 2.05) is 0 Å². The normalized spacial score (nSPS) is 16.2. The van der Waals surface area contributed by atoms with E-state index in [1.165, 1.54) is 18.6 Å². The van der Waals surface area contributed by atoms with Gasteiger partial charge in [0.25, 0.3) is 5.91 Å². The van der Waals surface area contributed by atoms with Crippen molar-refractivity contribution in [2.24, 2.45) is 0 Å². The van der Waals surface area contributed by atoms with Gasteiger partial charge in [-0.15, -0.1) is 0 Å². The Labute approximate surface area is 173 Å². The Morgan fingerprint density at radius 2 is 1.93 bits per heavy atom. The molecule has 0 atom stereocenters. The molecule has 2 rings (SSSR count). The van der Waals surface area contributed by atoms with Crippen LogP contribution in [0.2, 0.25) is 5.02 Å². The fourth-order valence-electron chi connectivity index (χ4n) is 3.00. The maximum atomic E-state index is 12.6. The quantitative estimate of drug-likeness (QED) is 0.601. The molecule has 0 unspecified atom stereocenters. The van der Waals surface area contributed by atoms with Crippen LogP contribution in [-0.2, 0) is 6.54 Å². The van der Waals surface area contributed by atoms with Crippen molar-refractivity contribution in [2.75, 3.05) is 13.1 Å². The molecular formula is C21H24ClF3N2O2. The summed E-state index contributed by atoms with van der Waals surface area (Å²) >= 11 is 6.13. The smallest absolute Gasteiger partial charge is 0.415 e. The van der Waals surface area contributed by atoms with Crippen molar-refractivity contribution in [3.8, 4) is 5.75 Å². The maximum absolute atomic E-state index is 12.6. The Bertz CT molecular complexity index is 826. The van der Waals surface area contributed by atoms with Crippen LogP contribution in [0.1, 0.15) is 42.1 Å². The molecule has 1 amide bonds. The maximum Gasteiger partial charge on any atom is 0.415 e. The molecule has 1 aliphatic heterocycles. The number of hydrogen-bond acceptors (Lipinski definition) is 3. The van der Waals surface area contributed by atoms with Gasteiger partial charge in [-0.2, -0.15) is 13.2 Å². The summed E-state index contributed by atoms with van der Waals surface area (Å²) in [5.74, 6) is -0.850. The largest absolute Gasteiger partial charge is 0.507 e. The van der Waals surface area contributed by atoms with Crippen LogP contribution in [0.15, 0.2) is 48.2 Å². The van der Waals surface area contributed by atoms with E-state index < -0.39 is 17.7 Å². The van der Waals surface area contributed by atoms with Crippen LogP contribution in [0, 0.1) is 0 Å². The number of likely N-dealkylation sites (tertiary alicyclic amines) is 1. The van der Waals surface area contributed by atoms with E-state index in [-0.39, 0.29) is 17.0 Å². The molecule has 158 valence electrons. The summed E-state index contributed by atoms with van der Waals surface area (Å²) < 4.78 is 37.7. The van der Waals surface area contributed by atoms with Crippen molar-refractivity contribution in [3.63, 3.8) is 0 Å². The van der Waals surface area contributed by atoms with Crippen LogP contribution in [0.5, 0.6) is 5.75 Å². The first-order valence-electron chi connectivity index (χ1n) is 9.27. The van der Waals surface area contributed by atoms with Crippen LogP contribution in [0.4, 0.5) is 13.2 Å². The number of rotatable bonds is 6.